The van der Waals surface area contributed by atoms with Crippen molar-refractivity contribution >= 4 is 71.0 Å². The van der Waals surface area contributed by atoms with Crippen molar-refractivity contribution in [1.82, 2.24) is 42.1 Å². The van der Waals surface area contributed by atoms with Gasteiger partial charge < -0.3 is 74.6 Å². The maximum atomic E-state index is 13.9. The van der Waals surface area contributed by atoms with Crippen LogP contribution >= 0.6 is 0 Å². The third-order valence-electron chi connectivity index (χ3n) is 10.8. The molecule has 10 amide bonds. The van der Waals surface area contributed by atoms with E-state index in [1.54, 1.807) is 58.0 Å². The highest BCUT2D eigenvalue weighted by molar-refractivity contribution is 6.00. The average molecular weight is 990 g/mol. The molecule has 2 rings (SSSR count). The highest BCUT2D eigenvalue weighted by Gasteiger charge is 2.41. The highest BCUT2D eigenvalue weighted by atomic mass is 16.4. The summed E-state index contributed by atoms with van der Waals surface area (Å²) in [5.74, 6) is -13.2. The molecule has 70 heavy (non-hydrogen) atoms. The van der Waals surface area contributed by atoms with Crippen molar-refractivity contribution in [2.45, 2.75) is 140 Å². The van der Waals surface area contributed by atoms with Crippen LogP contribution in [0.5, 0.6) is 0 Å². The monoisotopic (exact) mass is 989 g/mol. The summed E-state index contributed by atoms with van der Waals surface area (Å²) in [5, 5.41) is 44.6. The molecule has 1 saturated heterocycles. The summed E-state index contributed by atoms with van der Waals surface area (Å²) >= 11 is 0. The Kier molecular flexibility index (Phi) is 23.8. The Bertz CT molecular complexity index is 2070. The number of hydrogen-bond acceptors (Lipinski definition) is 14. The molecule has 0 aromatic heterocycles. The van der Waals surface area contributed by atoms with Gasteiger partial charge in [-0.1, -0.05) is 58.0 Å². The lowest BCUT2D eigenvalue weighted by molar-refractivity contribution is -0.147. The summed E-state index contributed by atoms with van der Waals surface area (Å²) in [6, 6.07) is -4.63. The summed E-state index contributed by atoms with van der Waals surface area (Å²) in [7, 11) is 0. The molecule has 388 valence electrons. The normalized spacial score (nSPS) is 16.7. The summed E-state index contributed by atoms with van der Waals surface area (Å²) in [6.45, 7) is 7.57. The molecule has 1 heterocycles. The number of nitrogens with zero attached hydrogens (tertiary/aromatic N) is 1. The first kappa shape index (κ1) is 58.9. The van der Waals surface area contributed by atoms with Gasteiger partial charge in [0.1, 0.15) is 54.4 Å². The van der Waals surface area contributed by atoms with Crippen molar-refractivity contribution in [3.63, 3.8) is 0 Å². The van der Waals surface area contributed by atoms with E-state index in [0.29, 0.717) is 5.56 Å². The van der Waals surface area contributed by atoms with Gasteiger partial charge in [-0.3, -0.25) is 52.7 Å². The van der Waals surface area contributed by atoms with Crippen LogP contribution in [0.1, 0.15) is 85.1 Å². The number of rotatable bonds is 29. The number of aliphatic hydroxyl groups excluding tert-OH is 1. The minimum Gasteiger partial charge on any atom is -0.481 e. The standard InChI is InChI=1S/C44H67N11O15/c1-21(2)14-26(50-39(64)27(15-22(3)4)51-40(65)28(49-37(62)25(45)20-56)16-24-10-7-6-8-11-24)38(63)48-23(5)36(61)53-30(18-34(47)58)43(68)55-13-9-12-32(55)42(67)52-29(17-33(46)57)41(66)54-31(44(69)70)19-35(59)60/h6-8,10-11,21-23,25-32,56H,9,12-20,45H2,1-5H3,(H2,46,57)(H2,47,58)(H,48,63)(H,49,62)(H,50,64)(H,51,65)(H,52,67)(H,53,61)(H,54,66)(H,59,60)(H,69,70)/t23-,25-,26-,27-,28-,29-,30-,31-,32-/m0/s1. The number of carboxylic acid groups (broad SMARTS) is 2. The van der Waals surface area contributed by atoms with Crippen molar-refractivity contribution in [1.29, 1.82) is 0 Å². The lowest BCUT2D eigenvalue weighted by Gasteiger charge is -2.30. The number of carboxylic acids is 2. The van der Waals surface area contributed by atoms with E-state index in [-0.39, 0.29) is 50.5 Å². The van der Waals surface area contributed by atoms with E-state index >= 15 is 0 Å². The number of aliphatic hydroxyl groups is 1. The second kappa shape index (κ2) is 28.3. The van der Waals surface area contributed by atoms with Crippen LogP contribution < -0.4 is 54.4 Å². The Morgan fingerprint density at radius 3 is 1.57 bits per heavy atom. The molecule has 0 bridgehead atoms. The molecule has 0 radical (unpaired) electrons. The molecule has 26 heteroatoms. The van der Waals surface area contributed by atoms with Crippen LogP contribution in [0.15, 0.2) is 30.3 Å². The van der Waals surface area contributed by atoms with E-state index in [9.17, 15) is 67.7 Å². The predicted octanol–water partition coefficient (Wildman–Crippen LogP) is -4.64. The zero-order valence-corrected chi connectivity index (χ0v) is 39.7. The quantitative estimate of drug-likeness (QED) is 0.0359. The fraction of sp³-hybridized carbons (Fsp3) is 0.591. The van der Waals surface area contributed by atoms with Crippen LogP contribution in [-0.4, -0.2) is 159 Å². The third-order valence-corrected chi connectivity index (χ3v) is 10.8. The van der Waals surface area contributed by atoms with Gasteiger partial charge in [0.25, 0.3) is 0 Å². The number of carbonyl (C=O) groups excluding carboxylic acids is 10. The lowest BCUT2D eigenvalue weighted by atomic mass is 9.99. The SMILES string of the molecule is CC(C)C[C@H](NC(=O)[C@H](CC(C)C)NC(=O)[C@H](Cc1ccccc1)NC(=O)[C@@H](N)CO)C(=O)N[C@@H](C)C(=O)N[C@@H](CC(N)=O)C(=O)N1CCC[C@H]1C(=O)N[C@@H](CC(N)=O)C(=O)N[C@@H](CC(=O)O)C(=O)O. The van der Waals surface area contributed by atoms with Crippen molar-refractivity contribution in [2.75, 3.05) is 13.2 Å². The van der Waals surface area contributed by atoms with E-state index in [4.69, 9.17) is 22.3 Å². The van der Waals surface area contributed by atoms with Gasteiger partial charge >= 0.3 is 11.9 Å². The molecule has 9 atom stereocenters. The Hall–Kier alpha value is -7.22. The summed E-state index contributed by atoms with van der Waals surface area (Å²) < 4.78 is 0. The number of benzene rings is 1. The van der Waals surface area contributed by atoms with E-state index in [1.807, 2.05) is 5.32 Å². The number of hydrogen-bond donors (Lipinski definition) is 13. The minimum atomic E-state index is -1.94. The number of nitrogens with two attached hydrogens (primary N) is 3. The predicted molar refractivity (Wildman–Crippen MR) is 246 cm³/mol. The largest absolute Gasteiger partial charge is 0.481 e. The van der Waals surface area contributed by atoms with Crippen molar-refractivity contribution in [3.8, 4) is 0 Å². The van der Waals surface area contributed by atoms with E-state index in [1.165, 1.54) is 6.92 Å². The Balaban J connectivity index is 2.27. The van der Waals surface area contributed by atoms with Crippen LogP contribution in [0.25, 0.3) is 0 Å². The molecule has 1 aromatic carbocycles. The van der Waals surface area contributed by atoms with Crippen LogP contribution in [0.4, 0.5) is 0 Å². The maximum absolute atomic E-state index is 13.9. The third kappa shape index (κ3) is 19.8. The molecule has 16 N–H and O–H groups in total. The molecule has 0 saturated carbocycles. The van der Waals surface area contributed by atoms with Gasteiger partial charge in [0.15, 0.2) is 0 Å². The molecule has 26 nitrogen and oxygen atoms in total. The Morgan fingerprint density at radius 2 is 1.07 bits per heavy atom. The topological polar surface area (TPSA) is 431 Å². The first-order chi connectivity index (χ1) is 32.7. The first-order valence-corrected chi connectivity index (χ1v) is 22.6. The lowest BCUT2D eigenvalue weighted by Crippen LogP contribution is -2.60. The Labute approximate surface area is 403 Å². The van der Waals surface area contributed by atoms with Crippen LogP contribution in [-0.2, 0) is 64.0 Å². The smallest absolute Gasteiger partial charge is 0.326 e. The van der Waals surface area contributed by atoms with Gasteiger partial charge in [0.2, 0.25) is 59.1 Å². The zero-order valence-electron chi connectivity index (χ0n) is 39.7. The average Bonchev–Trinajstić information content (AvgIpc) is 3.77. The fourth-order valence-corrected chi connectivity index (χ4v) is 7.28. The molecule has 1 aliphatic rings. The molecule has 1 aliphatic heterocycles. The van der Waals surface area contributed by atoms with Gasteiger partial charge in [-0.25, -0.2) is 4.79 Å². The van der Waals surface area contributed by atoms with Gasteiger partial charge in [0.05, 0.1) is 25.9 Å². The minimum absolute atomic E-state index is 0.000377. The Morgan fingerprint density at radius 1 is 0.600 bits per heavy atom. The van der Waals surface area contributed by atoms with Crippen molar-refractivity contribution in [2.24, 2.45) is 29.0 Å². The first-order valence-electron chi connectivity index (χ1n) is 22.6. The molecule has 0 aliphatic carbocycles. The second-order valence-corrected chi connectivity index (χ2v) is 17.8. The molecular weight excluding hydrogens is 923 g/mol. The molecular formula is C44H67N11O15. The molecule has 0 unspecified atom stereocenters. The number of primary amides is 2. The summed E-state index contributed by atoms with van der Waals surface area (Å²) in [6.07, 6.45) is -2.34. The van der Waals surface area contributed by atoms with E-state index in [2.05, 4.69) is 31.9 Å². The maximum Gasteiger partial charge on any atom is 0.326 e. The number of nitrogens with one attached hydrogen (secondary N) is 7. The van der Waals surface area contributed by atoms with Gasteiger partial charge in [-0.15, -0.1) is 0 Å². The van der Waals surface area contributed by atoms with Gasteiger partial charge in [-0.05, 0) is 50.0 Å². The van der Waals surface area contributed by atoms with Crippen molar-refractivity contribution < 1.29 is 72.9 Å². The van der Waals surface area contributed by atoms with E-state index < -0.39 is 151 Å². The van der Waals surface area contributed by atoms with Crippen LogP contribution in [0, 0.1) is 11.8 Å². The van der Waals surface area contributed by atoms with Crippen LogP contribution in [0.2, 0.25) is 0 Å². The molecule has 0 spiro atoms. The molecule has 1 aromatic rings. The van der Waals surface area contributed by atoms with Crippen molar-refractivity contribution in [3.05, 3.63) is 35.9 Å². The van der Waals surface area contributed by atoms with Gasteiger partial charge in [-0.2, -0.15) is 0 Å². The number of amides is 10. The highest BCUT2D eigenvalue weighted by Crippen LogP contribution is 2.20. The fourth-order valence-electron chi connectivity index (χ4n) is 7.28. The van der Waals surface area contributed by atoms with Crippen LogP contribution in [0.3, 0.4) is 0 Å². The second-order valence-electron chi connectivity index (χ2n) is 17.8. The molecule has 1 fully saturated rings. The summed E-state index contributed by atoms with van der Waals surface area (Å²) in [4.78, 5) is 156. The van der Waals surface area contributed by atoms with Gasteiger partial charge in [0, 0.05) is 13.0 Å². The zero-order chi connectivity index (χ0) is 53.0. The number of aliphatic carboxylic acids is 2. The number of carbonyl (C=O) groups is 12. The summed E-state index contributed by atoms with van der Waals surface area (Å²) in [5.41, 5.74) is 17.0. The number of likely N-dealkylation sites (tertiary alicyclic amines) is 1. The van der Waals surface area contributed by atoms with E-state index in [0.717, 1.165) is 4.90 Å².